The first-order valence-corrected chi connectivity index (χ1v) is 8.53. The van der Waals surface area contributed by atoms with E-state index in [9.17, 15) is 0 Å². The maximum Gasteiger partial charge on any atom is 0.141 e. The van der Waals surface area contributed by atoms with E-state index in [1.165, 1.54) is 11.1 Å². The Balaban J connectivity index is 2.10. The molecule has 0 saturated carbocycles. The summed E-state index contributed by atoms with van der Waals surface area (Å²) in [6, 6.07) is 12.6. The molecule has 4 nitrogen and oxygen atoms in total. The van der Waals surface area contributed by atoms with Crippen molar-refractivity contribution in [2.75, 3.05) is 13.6 Å². The van der Waals surface area contributed by atoms with Gasteiger partial charge in [-0.3, -0.25) is 0 Å². The second-order valence-electron chi connectivity index (χ2n) is 6.30. The summed E-state index contributed by atoms with van der Waals surface area (Å²) in [4.78, 5) is 7.79. The summed E-state index contributed by atoms with van der Waals surface area (Å²) < 4.78 is 6.04. The number of pyridine rings is 1. The van der Waals surface area contributed by atoms with Gasteiger partial charge >= 0.3 is 0 Å². The fourth-order valence-electron chi connectivity index (χ4n) is 3.15. The van der Waals surface area contributed by atoms with E-state index in [-0.39, 0.29) is 6.10 Å². The van der Waals surface area contributed by atoms with Crippen LogP contribution in [0.1, 0.15) is 37.3 Å². The number of nitrogens with zero attached hydrogens (tertiary/aromatic N) is 1. The summed E-state index contributed by atoms with van der Waals surface area (Å²) in [5, 5.41) is 4.36. The highest BCUT2D eigenvalue weighted by molar-refractivity contribution is 5.87. The van der Waals surface area contributed by atoms with Crippen LogP contribution in [0, 0.1) is 0 Å². The van der Waals surface area contributed by atoms with Crippen molar-refractivity contribution in [2.45, 2.75) is 32.3 Å². The minimum Gasteiger partial charge on any atom is -0.490 e. The van der Waals surface area contributed by atoms with Gasteiger partial charge in [-0.15, -0.1) is 0 Å². The van der Waals surface area contributed by atoms with Crippen molar-refractivity contribution in [1.82, 2.24) is 15.3 Å². The Morgan fingerprint density at radius 3 is 2.67 bits per heavy atom. The standard InChI is InChI=1S/C20H25N3O/c1-14(2)24-18-10-12-22-20-19(18)17(13-23-20)16(9-11-21-3)15-7-5-4-6-8-15/h4-8,10,12-14,16,21H,9,11H2,1-3H3,(H,22,23)/t16-/m0/s1. The van der Waals surface area contributed by atoms with Crippen LogP contribution in [-0.4, -0.2) is 29.7 Å². The number of aromatic nitrogens is 2. The van der Waals surface area contributed by atoms with Gasteiger partial charge in [0.25, 0.3) is 0 Å². The summed E-state index contributed by atoms with van der Waals surface area (Å²) in [7, 11) is 1.99. The first kappa shape index (κ1) is 16.5. The van der Waals surface area contributed by atoms with E-state index in [2.05, 4.69) is 51.8 Å². The van der Waals surface area contributed by atoms with Crippen molar-refractivity contribution < 1.29 is 4.74 Å². The van der Waals surface area contributed by atoms with Crippen molar-refractivity contribution >= 4 is 11.0 Å². The number of fused-ring (bicyclic) bond motifs is 1. The predicted molar refractivity (Wildman–Crippen MR) is 98.7 cm³/mol. The van der Waals surface area contributed by atoms with Gasteiger partial charge in [0, 0.05) is 18.3 Å². The molecule has 2 aromatic heterocycles. The second-order valence-corrected chi connectivity index (χ2v) is 6.30. The first-order valence-electron chi connectivity index (χ1n) is 8.53. The zero-order chi connectivity index (χ0) is 16.9. The van der Waals surface area contributed by atoms with Crippen molar-refractivity contribution in [1.29, 1.82) is 0 Å². The number of hydrogen-bond acceptors (Lipinski definition) is 3. The fraction of sp³-hybridized carbons (Fsp3) is 0.350. The van der Waals surface area contributed by atoms with Crippen molar-refractivity contribution in [3.8, 4) is 5.75 Å². The lowest BCUT2D eigenvalue weighted by Crippen LogP contribution is -2.13. The average molecular weight is 323 g/mol. The molecule has 1 atom stereocenters. The number of aromatic amines is 1. The topological polar surface area (TPSA) is 49.9 Å². The normalized spacial score (nSPS) is 12.7. The van der Waals surface area contributed by atoms with Crippen molar-refractivity contribution in [3.63, 3.8) is 0 Å². The van der Waals surface area contributed by atoms with E-state index >= 15 is 0 Å². The van der Waals surface area contributed by atoms with Gasteiger partial charge in [-0.25, -0.2) is 4.98 Å². The van der Waals surface area contributed by atoms with Gasteiger partial charge in [0.15, 0.2) is 0 Å². The highest BCUT2D eigenvalue weighted by Crippen LogP contribution is 2.37. The summed E-state index contributed by atoms with van der Waals surface area (Å²) >= 11 is 0. The lowest BCUT2D eigenvalue weighted by atomic mass is 9.88. The summed E-state index contributed by atoms with van der Waals surface area (Å²) in [5.41, 5.74) is 3.44. The number of hydrogen-bond donors (Lipinski definition) is 2. The molecule has 24 heavy (non-hydrogen) atoms. The summed E-state index contributed by atoms with van der Waals surface area (Å²) in [6.07, 6.45) is 5.03. The molecular weight excluding hydrogens is 298 g/mol. The number of benzene rings is 1. The molecule has 0 saturated heterocycles. The zero-order valence-corrected chi connectivity index (χ0v) is 14.5. The highest BCUT2D eigenvalue weighted by Gasteiger charge is 2.21. The lowest BCUT2D eigenvalue weighted by molar-refractivity contribution is 0.245. The smallest absolute Gasteiger partial charge is 0.141 e. The van der Waals surface area contributed by atoms with Crippen LogP contribution in [0.15, 0.2) is 48.8 Å². The largest absolute Gasteiger partial charge is 0.490 e. The molecule has 0 amide bonds. The van der Waals surface area contributed by atoms with E-state index in [0.717, 1.165) is 29.7 Å². The quantitative estimate of drug-likeness (QED) is 0.688. The number of nitrogens with one attached hydrogen (secondary N) is 2. The number of rotatable bonds is 7. The van der Waals surface area contributed by atoms with Crippen LogP contribution in [0.25, 0.3) is 11.0 Å². The van der Waals surface area contributed by atoms with Crippen LogP contribution >= 0.6 is 0 Å². The van der Waals surface area contributed by atoms with Gasteiger partial charge in [0.1, 0.15) is 11.4 Å². The Morgan fingerprint density at radius 1 is 1.17 bits per heavy atom. The molecule has 0 unspecified atom stereocenters. The van der Waals surface area contributed by atoms with Crippen LogP contribution in [0.4, 0.5) is 0 Å². The number of H-pyrrole nitrogens is 1. The zero-order valence-electron chi connectivity index (χ0n) is 14.5. The molecule has 0 radical (unpaired) electrons. The molecule has 126 valence electrons. The van der Waals surface area contributed by atoms with Crippen molar-refractivity contribution in [2.24, 2.45) is 0 Å². The molecule has 3 aromatic rings. The van der Waals surface area contributed by atoms with Crippen LogP contribution in [-0.2, 0) is 0 Å². The molecule has 3 rings (SSSR count). The van der Waals surface area contributed by atoms with Gasteiger partial charge < -0.3 is 15.0 Å². The monoisotopic (exact) mass is 323 g/mol. The third kappa shape index (κ3) is 3.44. The first-order chi connectivity index (χ1) is 11.7. The SMILES string of the molecule is CNCC[C@@H](c1ccccc1)c1c[nH]c2nccc(OC(C)C)c12. The molecule has 0 fully saturated rings. The summed E-state index contributed by atoms with van der Waals surface area (Å²) in [5.74, 6) is 1.20. The molecular formula is C20H25N3O. The molecule has 2 N–H and O–H groups in total. The van der Waals surface area contributed by atoms with E-state index in [1.54, 1.807) is 6.20 Å². The Bertz CT molecular complexity index is 780. The third-order valence-corrected chi connectivity index (χ3v) is 4.19. The van der Waals surface area contributed by atoms with Crippen molar-refractivity contribution in [3.05, 3.63) is 59.9 Å². The van der Waals surface area contributed by atoms with E-state index in [4.69, 9.17) is 4.74 Å². The minimum absolute atomic E-state index is 0.130. The predicted octanol–water partition coefficient (Wildman–Crippen LogP) is 4.09. The Kier molecular flexibility index (Phi) is 5.16. The molecule has 4 heteroatoms. The Morgan fingerprint density at radius 2 is 1.96 bits per heavy atom. The molecule has 0 spiro atoms. The average Bonchev–Trinajstić information content (AvgIpc) is 3.01. The van der Waals surface area contributed by atoms with E-state index in [0.29, 0.717) is 5.92 Å². The van der Waals surface area contributed by atoms with Gasteiger partial charge in [0.2, 0.25) is 0 Å². The highest BCUT2D eigenvalue weighted by atomic mass is 16.5. The van der Waals surface area contributed by atoms with Gasteiger partial charge in [-0.2, -0.15) is 0 Å². The third-order valence-electron chi connectivity index (χ3n) is 4.19. The molecule has 0 aliphatic heterocycles. The maximum atomic E-state index is 6.04. The minimum atomic E-state index is 0.130. The Labute approximate surface area is 143 Å². The van der Waals surface area contributed by atoms with E-state index in [1.807, 2.05) is 27.0 Å². The second kappa shape index (κ2) is 7.49. The van der Waals surface area contributed by atoms with Crippen LogP contribution in [0.2, 0.25) is 0 Å². The molecule has 0 bridgehead atoms. The molecule has 1 aromatic carbocycles. The van der Waals surface area contributed by atoms with Crippen LogP contribution in [0.5, 0.6) is 5.75 Å². The van der Waals surface area contributed by atoms with Gasteiger partial charge in [0.05, 0.1) is 11.5 Å². The molecule has 2 heterocycles. The Hall–Kier alpha value is -2.33. The summed E-state index contributed by atoms with van der Waals surface area (Å²) in [6.45, 7) is 5.05. The molecule has 0 aliphatic rings. The fourth-order valence-corrected chi connectivity index (χ4v) is 3.15. The molecule has 0 aliphatic carbocycles. The maximum absolute atomic E-state index is 6.04. The number of ether oxygens (including phenoxy) is 1. The van der Waals surface area contributed by atoms with Gasteiger partial charge in [-0.05, 0) is 51.1 Å². The van der Waals surface area contributed by atoms with Crippen LogP contribution < -0.4 is 10.1 Å². The lowest BCUT2D eigenvalue weighted by Gasteiger charge is -2.19. The van der Waals surface area contributed by atoms with Gasteiger partial charge in [-0.1, -0.05) is 30.3 Å². The van der Waals surface area contributed by atoms with Crippen LogP contribution in [0.3, 0.4) is 0 Å². The van der Waals surface area contributed by atoms with E-state index < -0.39 is 0 Å².